The number of amides is 1. The summed E-state index contributed by atoms with van der Waals surface area (Å²) >= 11 is 0. The molecule has 20 heavy (non-hydrogen) atoms. The molecule has 0 aromatic heterocycles. The molecule has 5 nitrogen and oxygen atoms in total. The number of ether oxygens (including phenoxy) is 2. The number of nitrogens with zero attached hydrogens (tertiary/aromatic N) is 1. The molecule has 0 aliphatic heterocycles. The van der Waals surface area contributed by atoms with Gasteiger partial charge in [-0.05, 0) is 24.7 Å². The van der Waals surface area contributed by atoms with Gasteiger partial charge in [-0.1, -0.05) is 12.2 Å². The zero-order valence-electron chi connectivity index (χ0n) is 12.2. The van der Waals surface area contributed by atoms with Gasteiger partial charge < -0.3 is 14.4 Å². The number of rotatable bonds is 7. The van der Waals surface area contributed by atoms with E-state index in [0.717, 1.165) is 12.8 Å². The van der Waals surface area contributed by atoms with Crippen molar-refractivity contribution >= 4 is 11.9 Å². The van der Waals surface area contributed by atoms with Gasteiger partial charge in [-0.2, -0.15) is 0 Å². The first-order valence-electron chi connectivity index (χ1n) is 7.18. The average molecular weight is 281 g/mol. The third-order valence-electron chi connectivity index (χ3n) is 4.29. The molecular weight excluding hydrogens is 258 g/mol. The molecule has 0 spiro atoms. The van der Waals surface area contributed by atoms with E-state index in [-0.39, 0.29) is 24.2 Å². The number of allylic oxidation sites excluding steroid dienone is 2. The Hall–Kier alpha value is -1.36. The van der Waals surface area contributed by atoms with Crippen LogP contribution in [0.25, 0.3) is 0 Å². The minimum Gasteiger partial charge on any atom is -0.469 e. The minimum absolute atomic E-state index is 0.0829. The molecule has 2 rings (SSSR count). The van der Waals surface area contributed by atoms with Gasteiger partial charge in [0, 0.05) is 26.1 Å². The van der Waals surface area contributed by atoms with Gasteiger partial charge in [0.1, 0.15) is 0 Å². The molecule has 1 amide bonds. The summed E-state index contributed by atoms with van der Waals surface area (Å²) in [4.78, 5) is 25.6. The van der Waals surface area contributed by atoms with E-state index < -0.39 is 0 Å². The van der Waals surface area contributed by atoms with Crippen molar-refractivity contribution in [3.63, 3.8) is 0 Å². The molecule has 0 saturated heterocycles. The summed E-state index contributed by atoms with van der Waals surface area (Å²) in [7, 11) is 2.98. The van der Waals surface area contributed by atoms with Gasteiger partial charge in [0.25, 0.3) is 0 Å². The second-order valence-corrected chi connectivity index (χ2v) is 5.53. The smallest absolute Gasteiger partial charge is 0.307 e. The van der Waals surface area contributed by atoms with E-state index >= 15 is 0 Å². The molecule has 112 valence electrons. The van der Waals surface area contributed by atoms with Gasteiger partial charge in [-0.15, -0.1) is 0 Å². The van der Waals surface area contributed by atoms with Crippen LogP contribution < -0.4 is 0 Å². The van der Waals surface area contributed by atoms with Gasteiger partial charge in [-0.25, -0.2) is 0 Å². The van der Waals surface area contributed by atoms with E-state index in [1.165, 1.54) is 7.11 Å². The van der Waals surface area contributed by atoms with Gasteiger partial charge in [-0.3, -0.25) is 9.59 Å². The lowest BCUT2D eigenvalue weighted by molar-refractivity contribution is -0.143. The molecule has 5 heteroatoms. The number of carbonyl (C=O) groups is 2. The maximum absolute atomic E-state index is 12.6. The van der Waals surface area contributed by atoms with Crippen LogP contribution in [0.15, 0.2) is 12.2 Å². The Bertz CT molecular complexity index is 393. The van der Waals surface area contributed by atoms with Crippen molar-refractivity contribution in [2.75, 3.05) is 33.9 Å². The Labute approximate surface area is 119 Å². The highest BCUT2D eigenvalue weighted by atomic mass is 16.5. The molecule has 2 aliphatic rings. The van der Waals surface area contributed by atoms with E-state index in [0.29, 0.717) is 31.5 Å². The largest absolute Gasteiger partial charge is 0.469 e. The monoisotopic (exact) mass is 281 g/mol. The van der Waals surface area contributed by atoms with Crippen LogP contribution in [0.4, 0.5) is 0 Å². The van der Waals surface area contributed by atoms with E-state index in [2.05, 4.69) is 16.9 Å². The standard InChI is InChI=1S/C15H23NO4/c1-19-8-7-16(6-5-14(17)20-2)15(18)13-10-11-3-4-12(13)9-11/h3-4,11-13H,5-10H2,1-2H3. The van der Waals surface area contributed by atoms with Crippen molar-refractivity contribution < 1.29 is 19.1 Å². The van der Waals surface area contributed by atoms with E-state index in [9.17, 15) is 9.59 Å². The lowest BCUT2D eigenvalue weighted by Gasteiger charge is -2.27. The van der Waals surface area contributed by atoms with Gasteiger partial charge in [0.05, 0.1) is 20.1 Å². The predicted octanol–water partition coefficient (Wildman–Crippen LogP) is 1.24. The summed E-state index contributed by atoms with van der Waals surface area (Å²) in [5, 5.41) is 0. The van der Waals surface area contributed by atoms with Crippen LogP contribution in [-0.2, 0) is 19.1 Å². The van der Waals surface area contributed by atoms with Gasteiger partial charge in [0.2, 0.25) is 5.91 Å². The molecule has 0 N–H and O–H groups in total. The predicted molar refractivity (Wildman–Crippen MR) is 73.9 cm³/mol. The molecule has 3 atom stereocenters. The van der Waals surface area contributed by atoms with E-state index in [1.54, 1.807) is 12.0 Å². The third-order valence-corrected chi connectivity index (χ3v) is 4.29. The molecule has 2 bridgehead atoms. The fourth-order valence-corrected chi connectivity index (χ4v) is 3.16. The maximum Gasteiger partial charge on any atom is 0.307 e. The normalized spacial score (nSPS) is 26.8. The Balaban J connectivity index is 1.92. The molecule has 2 aliphatic carbocycles. The molecule has 0 aromatic rings. The maximum atomic E-state index is 12.6. The van der Waals surface area contributed by atoms with Crippen LogP contribution in [0.1, 0.15) is 19.3 Å². The molecule has 0 heterocycles. The third kappa shape index (κ3) is 3.39. The SMILES string of the molecule is COCCN(CCC(=O)OC)C(=O)C1CC2C=CC1C2. The van der Waals surface area contributed by atoms with Crippen LogP contribution in [0.5, 0.6) is 0 Å². The topological polar surface area (TPSA) is 55.8 Å². The first kappa shape index (κ1) is 15.0. The fourth-order valence-electron chi connectivity index (χ4n) is 3.16. The zero-order valence-corrected chi connectivity index (χ0v) is 12.2. The molecule has 1 fully saturated rings. The number of hydrogen-bond donors (Lipinski definition) is 0. The number of esters is 1. The van der Waals surface area contributed by atoms with Crippen LogP contribution >= 0.6 is 0 Å². The zero-order chi connectivity index (χ0) is 14.5. The first-order valence-corrected chi connectivity index (χ1v) is 7.18. The fraction of sp³-hybridized carbons (Fsp3) is 0.733. The van der Waals surface area contributed by atoms with E-state index in [4.69, 9.17) is 4.74 Å². The first-order chi connectivity index (χ1) is 9.65. The average Bonchev–Trinajstić information content (AvgIpc) is 3.09. The number of methoxy groups -OCH3 is 2. The van der Waals surface area contributed by atoms with Crippen molar-refractivity contribution in [2.45, 2.75) is 19.3 Å². The van der Waals surface area contributed by atoms with E-state index in [1.807, 2.05) is 0 Å². The molecule has 0 aromatic carbocycles. The molecular formula is C15H23NO4. The second-order valence-electron chi connectivity index (χ2n) is 5.53. The lowest BCUT2D eigenvalue weighted by atomic mass is 9.92. The van der Waals surface area contributed by atoms with Crippen molar-refractivity contribution in [1.82, 2.24) is 4.90 Å². The number of fused-ring (bicyclic) bond motifs is 2. The van der Waals surface area contributed by atoms with Crippen LogP contribution in [0.2, 0.25) is 0 Å². The van der Waals surface area contributed by atoms with Crippen LogP contribution in [-0.4, -0.2) is 50.7 Å². The summed E-state index contributed by atoms with van der Waals surface area (Å²) in [5.41, 5.74) is 0. The molecule has 0 radical (unpaired) electrons. The summed E-state index contributed by atoms with van der Waals surface area (Å²) < 4.78 is 9.70. The quantitative estimate of drug-likeness (QED) is 0.520. The summed E-state index contributed by atoms with van der Waals surface area (Å²) in [6.45, 7) is 1.43. The number of hydrogen-bond acceptors (Lipinski definition) is 4. The minimum atomic E-state index is -0.284. The summed E-state index contributed by atoms with van der Waals surface area (Å²) in [6.07, 6.45) is 6.68. The Morgan fingerprint density at radius 3 is 2.55 bits per heavy atom. The lowest BCUT2D eigenvalue weighted by Crippen LogP contribution is -2.41. The summed E-state index contributed by atoms with van der Waals surface area (Å²) in [5.74, 6) is 0.907. The highest BCUT2D eigenvalue weighted by Crippen LogP contribution is 2.44. The van der Waals surface area contributed by atoms with Crippen LogP contribution in [0, 0.1) is 17.8 Å². The van der Waals surface area contributed by atoms with Crippen LogP contribution in [0.3, 0.4) is 0 Å². The Morgan fingerprint density at radius 1 is 1.20 bits per heavy atom. The van der Waals surface area contributed by atoms with Gasteiger partial charge >= 0.3 is 5.97 Å². The second kappa shape index (κ2) is 6.88. The van der Waals surface area contributed by atoms with Crippen molar-refractivity contribution in [3.8, 4) is 0 Å². The Morgan fingerprint density at radius 2 is 2.00 bits per heavy atom. The van der Waals surface area contributed by atoms with Crippen molar-refractivity contribution in [3.05, 3.63) is 12.2 Å². The number of carbonyl (C=O) groups excluding carboxylic acids is 2. The van der Waals surface area contributed by atoms with Gasteiger partial charge in [0.15, 0.2) is 0 Å². The summed E-state index contributed by atoms with van der Waals surface area (Å²) in [6, 6.07) is 0. The van der Waals surface area contributed by atoms with Crippen molar-refractivity contribution in [1.29, 1.82) is 0 Å². The molecule has 1 saturated carbocycles. The Kier molecular flexibility index (Phi) is 5.17. The molecule has 3 unspecified atom stereocenters. The highest BCUT2D eigenvalue weighted by molar-refractivity contribution is 5.81. The van der Waals surface area contributed by atoms with Crippen molar-refractivity contribution in [2.24, 2.45) is 17.8 Å². The highest BCUT2D eigenvalue weighted by Gasteiger charge is 2.41.